The maximum atomic E-state index is 12.1. The molecule has 0 unspecified atom stereocenters. The second-order valence-electron chi connectivity index (χ2n) is 3.66. The van der Waals surface area contributed by atoms with Crippen molar-refractivity contribution in [3.8, 4) is 0 Å². The van der Waals surface area contributed by atoms with Gasteiger partial charge in [0.15, 0.2) is 5.13 Å². The van der Waals surface area contributed by atoms with Gasteiger partial charge in [-0.3, -0.25) is 4.72 Å². The molecule has 18 heavy (non-hydrogen) atoms. The first-order valence-electron chi connectivity index (χ1n) is 5.25. The minimum Gasteiger partial charge on any atom is -0.330 e. The van der Waals surface area contributed by atoms with E-state index >= 15 is 0 Å². The molecule has 2 rings (SSSR count). The van der Waals surface area contributed by atoms with Crippen LogP contribution in [0.4, 0.5) is 5.13 Å². The Hall–Kier alpha value is -0.960. The Morgan fingerprint density at radius 1 is 1.44 bits per heavy atom. The zero-order valence-corrected chi connectivity index (χ0v) is 12.2. The average molecular weight is 303 g/mol. The molecule has 0 aliphatic rings. The largest absolute Gasteiger partial charge is 0.330 e. The summed E-state index contributed by atoms with van der Waals surface area (Å²) in [6.07, 6.45) is 0.691. The van der Waals surface area contributed by atoms with Crippen LogP contribution in [0.3, 0.4) is 0 Å². The number of rotatable bonds is 5. The van der Waals surface area contributed by atoms with E-state index in [9.17, 15) is 8.42 Å². The van der Waals surface area contributed by atoms with Crippen molar-refractivity contribution >= 4 is 37.8 Å². The van der Waals surface area contributed by atoms with Crippen LogP contribution in [-0.4, -0.2) is 19.9 Å². The van der Waals surface area contributed by atoms with E-state index in [-0.39, 0.29) is 0 Å². The molecule has 5 nitrogen and oxygen atoms in total. The van der Waals surface area contributed by atoms with E-state index in [0.29, 0.717) is 22.3 Å². The molecule has 2 aromatic rings. The summed E-state index contributed by atoms with van der Waals surface area (Å²) in [5.41, 5.74) is 6.24. The second-order valence-corrected chi connectivity index (χ2v) is 7.59. The number of thiazole rings is 1. The minimum atomic E-state index is -3.52. The monoisotopic (exact) mass is 303 g/mol. The Balaban J connectivity index is 2.19. The fourth-order valence-electron chi connectivity index (χ4n) is 1.35. The van der Waals surface area contributed by atoms with E-state index < -0.39 is 10.0 Å². The molecule has 3 N–H and O–H groups in total. The number of aryl methyl sites for hydroxylation is 1. The average Bonchev–Trinajstić information content (AvgIpc) is 2.88. The molecule has 98 valence electrons. The van der Waals surface area contributed by atoms with Gasteiger partial charge in [0.1, 0.15) is 4.21 Å². The number of sulfonamides is 1. The molecular formula is C10H13N3O2S3. The fraction of sp³-hybridized carbons (Fsp3) is 0.300. The third-order valence-corrected chi connectivity index (χ3v) is 6.11. The standard InChI is InChI=1S/C10H13N3O2S3/c1-7-6-16-10(12-7)13-18(14,15)9-3-2-8(17-9)4-5-11/h2-3,6H,4-5,11H2,1H3,(H,12,13). The number of nitrogens with zero attached hydrogens (tertiary/aromatic N) is 1. The van der Waals surface area contributed by atoms with E-state index in [1.54, 1.807) is 17.5 Å². The van der Waals surface area contributed by atoms with E-state index in [4.69, 9.17) is 5.73 Å². The SMILES string of the molecule is Cc1csc(NS(=O)(=O)c2ccc(CCN)s2)n1. The molecule has 0 bridgehead atoms. The fourth-order valence-corrected chi connectivity index (χ4v) is 4.66. The Morgan fingerprint density at radius 3 is 2.83 bits per heavy atom. The van der Waals surface area contributed by atoms with Crippen LogP contribution in [0, 0.1) is 6.92 Å². The maximum absolute atomic E-state index is 12.1. The van der Waals surface area contributed by atoms with Gasteiger partial charge in [0.25, 0.3) is 10.0 Å². The van der Waals surface area contributed by atoms with Gasteiger partial charge < -0.3 is 5.73 Å². The third-order valence-electron chi connectivity index (χ3n) is 2.13. The van der Waals surface area contributed by atoms with Crippen molar-refractivity contribution in [3.63, 3.8) is 0 Å². The zero-order chi connectivity index (χ0) is 13.2. The highest BCUT2D eigenvalue weighted by Gasteiger charge is 2.18. The zero-order valence-electron chi connectivity index (χ0n) is 9.71. The number of nitrogens with one attached hydrogen (secondary N) is 1. The Labute approximate surface area is 114 Å². The van der Waals surface area contributed by atoms with Gasteiger partial charge in [-0.15, -0.1) is 22.7 Å². The molecule has 0 fully saturated rings. The van der Waals surface area contributed by atoms with Crippen LogP contribution < -0.4 is 10.5 Å². The summed E-state index contributed by atoms with van der Waals surface area (Å²) in [4.78, 5) is 5.04. The van der Waals surface area contributed by atoms with Crippen molar-refractivity contribution in [2.24, 2.45) is 5.73 Å². The number of aromatic nitrogens is 1. The summed E-state index contributed by atoms with van der Waals surface area (Å²) in [6, 6.07) is 3.39. The van der Waals surface area contributed by atoms with Crippen LogP contribution in [0.2, 0.25) is 0 Å². The van der Waals surface area contributed by atoms with Gasteiger partial charge in [0, 0.05) is 10.3 Å². The number of thiophene rings is 1. The van der Waals surface area contributed by atoms with Crippen molar-refractivity contribution in [3.05, 3.63) is 28.1 Å². The van der Waals surface area contributed by atoms with E-state index in [2.05, 4.69) is 9.71 Å². The molecule has 0 aliphatic heterocycles. The van der Waals surface area contributed by atoms with Crippen LogP contribution in [0.25, 0.3) is 0 Å². The number of hydrogen-bond acceptors (Lipinski definition) is 6. The first-order valence-corrected chi connectivity index (χ1v) is 8.43. The number of hydrogen-bond donors (Lipinski definition) is 2. The molecule has 0 amide bonds. The lowest BCUT2D eigenvalue weighted by molar-refractivity contribution is 0.603. The van der Waals surface area contributed by atoms with Crippen LogP contribution in [0.5, 0.6) is 0 Å². The van der Waals surface area contributed by atoms with Gasteiger partial charge in [-0.05, 0) is 32.0 Å². The van der Waals surface area contributed by atoms with E-state index in [1.165, 1.54) is 22.7 Å². The smallest absolute Gasteiger partial charge is 0.273 e. The van der Waals surface area contributed by atoms with E-state index in [0.717, 1.165) is 10.6 Å². The molecule has 0 radical (unpaired) electrons. The summed E-state index contributed by atoms with van der Waals surface area (Å²) >= 11 is 2.51. The molecule has 8 heteroatoms. The molecule has 0 aliphatic carbocycles. The van der Waals surface area contributed by atoms with Gasteiger partial charge in [-0.1, -0.05) is 0 Å². The van der Waals surface area contributed by atoms with E-state index in [1.807, 2.05) is 6.92 Å². The highest BCUT2D eigenvalue weighted by molar-refractivity contribution is 7.94. The number of anilines is 1. The van der Waals surface area contributed by atoms with Crippen molar-refractivity contribution in [1.29, 1.82) is 0 Å². The van der Waals surface area contributed by atoms with Crippen LogP contribution in [-0.2, 0) is 16.4 Å². The van der Waals surface area contributed by atoms with Crippen molar-refractivity contribution in [2.45, 2.75) is 17.6 Å². The molecule has 2 aromatic heterocycles. The maximum Gasteiger partial charge on any atom is 0.273 e. The molecule has 0 spiro atoms. The van der Waals surface area contributed by atoms with Crippen LogP contribution in [0.1, 0.15) is 10.6 Å². The Morgan fingerprint density at radius 2 is 2.22 bits per heavy atom. The molecule has 0 aromatic carbocycles. The second kappa shape index (κ2) is 5.35. The first-order chi connectivity index (χ1) is 8.51. The molecule has 0 saturated heterocycles. The molecular weight excluding hydrogens is 290 g/mol. The van der Waals surface area contributed by atoms with Crippen LogP contribution in [0.15, 0.2) is 21.7 Å². The lowest BCUT2D eigenvalue weighted by Crippen LogP contribution is -2.11. The predicted octanol–water partition coefficient (Wildman–Crippen LogP) is 1.82. The summed E-state index contributed by atoms with van der Waals surface area (Å²) < 4.78 is 26.9. The quantitative estimate of drug-likeness (QED) is 0.882. The topological polar surface area (TPSA) is 85.1 Å². The molecule has 0 saturated carbocycles. The predicted molar refractivity (Wildman–Crippen MR) is 74.7 cm³/mol. The van der Waals surface area contributed by atoms with Crippen molar-refractivity contribution in [2.75, 3.05) is 11.3 Å². The summed E-state index contributed by atoms with van der Waals surface area (Å²) in [5, 5.41) is 2.19. The summed E-state index contributed by atoms with van der Waals surface area (Å²) in [6.45, 7) is 2.33. The van der Waals surface area contributed by atoms with Crippen molar-refractivity contribution < 1.29 is 8.42 Å². The van der Waals surface area contributed by atoms with Gasteiger partial charge in [0.2, 0.25) is 0 Å². The Kier molecular flexibility index (Phi) is 4.00. The van der Waals surface area contributed by atoms with Crippen LogP contribution >= 0.6 is 22.7 Å². The lowest BCUT2D eigenvalue weighted by atomic mass is 10.3. The normalized spacial score (nSPS) is 11.7. The first kappa shape index (κ1) is 13.5. The molecule has 0 atom stereocenters. The van der Waals surface area contributed by atoms with Gasteiger partial charge in [-0.2, -0.15) is 0 Å². The summed E-state index contributed by atoms with van der Waals surface area (Å²) in [5.74, 6) is 0. The summed E-state index contributed by atoms with van der Waals surface area (Å²) in [7, 11) is -3.52. The Bertz CT molecular complexity index is 630. The lowest BCUT2D eigenvalue weighted by Gasteiger charge is -2.01. The number of nitrogens with two attached hydrogens (primary N) is 1. The molecule has 2 heterocycles. The van der Waals surface area contributed by atoms with Gasteiger partial charge >= 0.3 is 0 Å². The minimum absolute atomic E-state index is 0.291. The highest BCUT2D eigenvalue weighted by Crippen LogP contribution is 2.25. The van der Waals surface area contributed by atoms with Crippen molar-refractivity contribution in [1.82, 2.24) is 4.98 Å². The van der Waals surface area contributed by atoms with Gasteiger partial charge in [-0.25, -0.2) is 13.4 Å². The highest BCUT2D eigenvalue weighted by atomic mass is 32.2. The third kappa shape index (κ3) is 3.08. The van der Waals surface area contributed by atoms with Gasteiger partial charge in [0.05, 0.1) is 5.69 Å².